The molecule has 0 aliphatic carbocycles. The average Bonchev–Trinajstić information content (AvgIpc) is 2.60. The molecule has 0 heterocycles. The molecule has 2 rings (SSSR count). The Hall–Kier alpha value is -2.13. The second-order valence-corrected chi connectivity index (χ2v) is 9.23. The van der Waals surface area contributed by atoms with E-state index in [1.807, 2.05) is 24.3 Å². The van der Waals surface area contributed by atoms with Crippen LogP contribution in [0.4, 0.5) is 0 Å². The van der Waals surface area contributed by atoms with Gasteiger partial charge in [-0.25, -0.2) is 9.59 Å². The summed E-state index contributed by atoms with van der Waals surface area (Å²) in [6.45, 7) is 12.7. The largest absolute Gasteiger partial charge is 0.886 e. The van der Waals surface area contributed by atoms with E-state index >= 15 is 0 Å². The van der Waals surface area contributed by atoms with Gasteiger partial charge in [0.15, 0.2) is 0 Å². The van der Waals surface area contributed by atoms with Gasteiger partial charge in [0.1, 0.15) is 0 Å². The summed E-state index contributed by atoms with van der Waals surface area (Å²) < 4.78 is 10.3. The third-order valence-electron chi connectivity index (χ3n) is 4.28. The van der Waals surface area contributed by atoms with E-state index in [1.54, 1.807) is 24.3 Å². The minimum absolute atomic E-state index is 0. The Morgan fingerprint density at radius 3 is 1.18 bits per heavy atom. The van der Waals surface area contributed by atoms with Crippen molar-refractivity contribution in [3.63, 3.8) is 0 Å². The first-order valence-electron chi connectivity index (χ1n) is 8.93. The van der Waals surface area contributed by atoms with Crippen LogP contribution >= 0.6 is 0 Å². The molecule has 0 spiro atoms. The molecule has 0 saturated heterocycles. The van der Waals surface area contributed by atoms with Crippen LogP contribution in [0.3, 0.4) is 0 Å². The highest BCUT2D eigenvalue weighted by Crippen LogP contribution is 2.23. The van der Waals surface area contributed by atoms with Crippen molar-refractivity contribution < 1.29 is 22.6 Å². The quantitative estimate of drug-likeness (QED) is 0.728. The van der Waals surface area contributed by atoms with Gasteiger partial charge in [0.2, 0.25) is 0 Å². The molecular weight excluding hydrogens is 371 g/mol. The van der Waals surface area contributed by atoms with Gasteiger partial charge < -0.3 is 13.1 Å². The second-order valence-electron chi connectivity index (χ2n) is 8.56. The van der Waals surface area contributed by atoms with Gasteiger partial charge in [0, 0.05) is 0 Å². The van der Waals surface area contributed by atoms with Crippen LogP contribution in [0.2, 0.25) is 0 Å². The molecule has 5 nitrogen and oxygen atoms in total. The molecule has 6 heteroatoms. The van der Waals surface area contributed by atoms with Crippen molar-refractivity contribution in [3.05, 3.63) is 70.8 Å². The topological polar surface area (TPSA) is 84.1 Å². The first kappa shape index (κ1) is 23.9. The molecule has 28 heavy (non-hydrogen) atoms. The molecule has 0 atom stereocenters. The maximum atomic E-state index is 12.1. The maximum Gasteiger partial charge on any atom is 0.886 e. The van der Waals surface area contributed by atoms with Crippen LogP contribution in [-0.2, 0) is 18.4 Å². The fourth-order valence-corrected chi connectivity index (χ4v) is 2.96. The van der Waals surface area contributed by atoms with E-state index in [2.05, 4.69) is 41.5 Å². The molecule has 2 aromatic rings. The molecule has 1 radical (unpaired) electrons. The number of benzene rings is 2. The fraction of sp³-hybridized carbons (Fsp3) is 0.364. The van der Waals surface area contributed by atoms with Crippen molar-refractivity contribution in [2.24, 2.45) is 0 Å². The van der Waals surface area contributed by atoms with Crippen LogP contribution < -0.4 is 0 Å². The Labute approximate surface area is 173 Å². The van der Waals surface area contributed by atoms with E-state index in [9.17, 15) is 9.59 Å². The van der Waals surface area contributed by atoms with Crippen molar-refractivity contribution in [3.8, 4) is 0 Å². The first-order chi connectivity index (χ1) is 12.5. The minimum Gasteiger partial charge on any atom is -0.586 e. The van der Waals surface area contributed by atoms with Gasteiger partial charge in [-0.2, -0.15) is 0 Å². The maximum absolute atomic E-state index is 12.1. The minimum atomic E-state index is -1.21. The van der Waals surface area contributed by atoms with Crippen molar-refractivity contribution in [2.75, 3.05) is 0 Å². The Balaban J connectivity index is 0.00000392. The van der Waals surface area contributed by atoms with Crippen LogP contribution in [0.1, 0.15) is 73.4 Å². The van der Waals surface area contributed by atoms with Crippen molar-refractivity contribution >= 4 is 27.8 Å². The summed E-state index contributed by atoms with van der Waals surface area (Å²) >= 11 is -1.21. The Kier molecular flexibility index (Phi) is 8.01. The highest BCUT2D eigenvalue weighted by molar-refractivity contribution is 6.28. The van der Waals surface area contributed by atoms with Gasteiger partial charge in [-0.15, -0.1) is 0 Å². The van der Waals surface area contributed by atoms with Crippen LogP contribution in [-0.4, -0.2) is 33.3 Å². The van der Waals surface area contributed by atoms with Crippen LogP contribution in [0.5, 0.6) is 0 Å². The van der Waals surface area contributed by atoms with E-state index in [0.717, 1.165) is 11.1 Å². The van der Waals surface area contributed by atoms with E-state index in [0.29, 0.717) is 11.1 Å². The van der Waals surface area contributed by atoms with E-state index in [4.69, 9.17) is 7.58 Å². The first-order valence-corrected chi connectivity index (χ1v) is 9.87. The summed E-state index contributed by atoms with van der Waals surface area (Å²) in [5.74, 6) is -0.970. The molecule has 2 aromatic carbocycles. The second kappa shape index (κ2) is 9.38. The summed E-state index contributed by atoms with van der Waals surface area (Å²) in [7, 11) is 0. The zero-order chi connectivity index (χ0) is 20.2. The lowest BCUT2D eigenvalue weighted by atomic mass is 9.87. The normalized spacial score (nSPS) is 11.2. The van der Waals surface area contributed by atoms with Crippen molar-refractivity contribution in [1.29, 1.82) is 0 Å². The van der Waals surface area contributed by atoms with Crippen LogP contribution in [0, 0.1) is 0 Å². The number of rotatable bonds is 4. The summed E-state index contributed by atoms with van der Waals surface area (Å²) in [5, 5.41) is 0. The molecule has 0 fully saturated rings. The van der Waals surface area contributed by atoms with Gasteiger partial charge in [-0.1, -0.05) is 65.8 Å². The lowest BCUT2D eigenvalue weighted by Gasteiger charge is -2.19. The SMILES string of the molecule is CC(C)(C)c1ccc(C(=O)[O][Al][O]C(=O)c2ccc(C(C)(C)C)cc2)cc1.O. The van der Waals surface area contributed by atoms with E-state index < -0.39 is 27.8 Å². The van der Waals surface area contributed by atoms with Crippen LogP contribution in [0.25, 0.3) is 0 Å². The number of hydrogen-bond donors (Lipinski definition) is 0. The summed E-state index contributed by atoms with van der Waals surface area (Å²) in [6, 6.07) is 14.6. The van der Waals surface area contributed by atoms with E-state index in [-0.39, 0.29) is 16.3 Å². The Morgan fingerprint density at radius 2 is 0.929 bits per heavy atom. The molecular formula is C22H28AlO5. The number of carbonyl (C=O) groups is 2. The molecule has 0 aliphatic rings. The highest BCUT2D eigenvalue weighted by Gasteiger charge is 2.19. The van der Waals surface area contributed by atoms with Gasteiger partial charge in [0.25, 0.3) is 0 Å². The van der Waals surface area contributed by atoms with Crippen LogP contribution in [0.15, 0.2) is 48.5 Å². The lowest BCUT2D eigenvalue weighted by Crippen LogP contribution is -2.17. The summed E-state index contributed by atoms with van der Waals surface area (Å²) in [6.07, 6.45) is 0. The zero-order valence-corrected chi connectivity index (χ0v) is 18.5. The van der Waals surface area contributed by atoms with Gasteiger partial charge in [-0.05, 0) is 46.2 Å². The number of carbonyl (C=O) groups excluding carboxylic acids is 2. The lowest BCUT2D eigenvalue weighted by molar-refractivity contribution is 0.0632. The zero-order valence-electron chi connectivity index (χ0n) is 17.3. The molecule has 0 unspecified atom stereocenters. The van der Waals surface area contributed by atoms with Crippen molar-refractivity contribution in [2.45, 2.75) is 52.4 Å². The summed E-state index contributed by atoms with van der Waals surface area (Å²) in [4.78, 5) is 24.2. The highest BCUT2D eigenvalue weighted by atomic mass is 27.2. The smallest absolute Gasteiger partial charge is 0.586 e. The van der Waals surface area contributed by atoms with Gasteiger partial charge in [-0.3, -0.25) is 0 Å². The third-order valence-corrected chi connectivity index (χ3v) is 4.90. The number of hydrogen-bond acceptors (Lipinski definition) is 4. The molecule has 0 bridgehead atoms. The van der Waals surface area contributed by atoms with Gasteiger partial charge in [0.05, 0.1) is 11.1 Å². The molecule has 149 valence electrons. The Bertz CT molecular complexity index is 727. The van der Waals surface area contributed by atoms with E-state index in [1.165, 1.54) is 0 Å². The molecule has 0 saturated carbocycles. The monoisotopic (exact) mass is 399 g/mol. The predicted octanol–water partition coefficient (Wildman–Crippen LogP) is 4.00. The molecule has 0 aromatic heterocycles. The fourth-order valence-electron chi connectivity index (χ4n) is 2.46. The van der Waals surface area contributed by atoms with Gasteiger partial charge >= 0.3 is 27.8 Å². The van der Waals surface area contributed by atoms with Crippen molar-refractivity contribution in [1.82, 2.24) is 0 Å². The predicted molar refractivity (Wildman–Crippen MR) is 110 cm³/mol. The average molecular weight is 399 g/mol. The third kappa shape index (κ3) is 6.49. The molecule has 0 aliphatic heterocycles. The molecule has 0 amide bonds. The Morgan fingerprint density at radius 1 is 0.643 bits per heavy atom. The molecule has 2 N–H and O–H groups in total. The summed E-state index contributed by atoms with van der Waals surface area (Å²) in [5.41, 5.74) is 3.20. The standard InChI is InChI=1S/2C11H14O2.Al.H2O/c2*1-11(2,3)9-6-4-8(5-7-9)10(12)13;;/h2*4-7H,1-3H3,(H,12,13);;1H2/q;;+2;/p-2.